The van der Waals surface area contributed by atoms with Gasteiger partial charge < -0.3 is 10.2 Å². The molecule has 0 aromatic carbocycles. The van der Waals surface area contributed by atoms with Gasteiger partial charge in [-0.1, -0.05) is 0 Å². The lowest BCUT2D eigenvalue weighted by Gasteiger charge is -2.36. The number of nitrogens with one attached hydrogen (secondary N) is 1. The third-order valence-corrected chi connectivity index (χ3v) is 5.75. The van der Waals surface area contributed by atoms with E-state index in [4.69, 9.17) is 12.2 Å². The molecule has 3 heterocycles. The maximum atomic E-state index is 5.60. The Labute approximate surface area is 173 Å². The summed E-state index contributed by atoms with van der Waals surface area (Å²) in [5.74, 6) is 0. The van der Waals surface area contributed by atoms with Crippen LogP contribution in [0.15, 0.2) is 12.3 Å². The van der Waals surface area contributed by atoms with E-state index in [1.165, 1.54) is 11.3 Å². The van der Waals surface area contributed by atoms with Crippen molar-refractivity contribution in [3.63, 3.8) is 0 Å². The van der Waals surface area contributed by atoms with Gasteiger partial charge in [-0.05, 0) is 52.4 Å². The molecular weight excluding hydrogens is 370 g/mol. The highest BCUT2D eigenvalue weighted by Gasteiger charge is 2.20. The average molecular weight is 404 g/mol. The Balaban J connectivity index is 1.36. The molecule has 2 aromatic heterocycles. The van der Waals surface area contributed by atoms with Crippen LogP contribution in [0.1, 0.15) is 36.0 Å². The van der Waals surface area contributed by atoms with Crippen LogP contribution < -0.4 is 5.32 Å². The summed E-state index contributed by atoms with van der Waals surface area (Å²) in [6.45, 7) is 16.1. The largest absolute Gasteiger partial charge is 0.362 e. The normalized spacial score (nSPS) is 15.2. The SMILES string of the molecule is CCn1cc(CN2CCN(C(=S)NCCCn3nc(C)cc3C)CC2)c(C)n1. The van der Waals surface area contributed by atoms with Crippen LogP contribution in [-0.2, 0) is 19.6 Å². The van der Waals surface area contributed by atoms with Crippen LogP contribution in [0, 0.1) is 20.8 Å². The molecule has 2 aromatic rings. The monoisotopic (exact) mass is 403 g/mol. The van der Waals surface area contributed by atoms with Crippen molar-refractivity contribution in [2.24, 2.45) is 0 Å². The van der Waals surface area contributed by atoms with E-state index in [1.54, 1.807) is 0 Å². The first-order valence-corrected chi connectivity index (χ1v) is 10.7. The molecule has 0 spiro atoms. The Kier molecular flexibility index (Phi) is 7.07. The van der Waals surface area contributed by atoms with Crippen LogP contribution >= 0.6 is 12.2 Å². The number of aryl methyl sites for hydroxylation is 5. The molecule has 1 fully saturated rings. The van der Waals surface area contributed by atoms with Gasteiger partial charge in [0.2, 0.25) is 0 Å². The molecule has 1 saturated heterocycles. The van der Waals surface area contributed by atoms with Crippen LogP contribution in [-0.4, -0.2) is 67.2 Å². The third-order valence-electron chi connectivity index (χ3n) is 5.35. The molecule has 8 heteroatoms. The molecule has 0 amide bonds. The van der Waals surface area contributed by atoms with Crippen LogP contribution in [0.4, 0.5) is 0 Å². The second kappa shape index (κ2) is 9.52. The van der Waals surface area contributed by atoms with Crippen molar-refractivity contribution in [2.75, 3.05) is 32.7 Å². The Morgan fingerprint density at radius 1 is 1.14 bits per heavy atom. The van der Waals surface area contributed by atoms with Gasteiger partial charge in [-0.25, -0.2) is 0 Å². The van der Waals surface area contributed by atoms with Crippen LogP contribution in [0.2, 0.25) is 0 Å². The summed E-state index contributed by atoms with van der Waals surface area (Å²) in [4.78, 5) is 4.78. The lowest BCUT2D eigenvalue weighted by molar-refractivity contribution is 0.174. The third kappa shape index (κ3) is 5.32. The van der Waals surface area contributed by atoms with Gasteiger partial charge in [0, 0.05) is 69.8 Å². The molecule has 3 rings (SSSR count). The molecule has 1 N–H and O–H groups in total. The van der Waals surface area contributed by atoms with Gasteiger partial charge in [0.15, 0.2) is 5.11 Å². The summed E-state index contributed by atoms with van der Waals surface area (Å²) >= 11 is 5.60. The van der Waals surface area contributed by atoms with Crippen molar-refractivity contribution in [2.45, 2.75) is 53.8 Å². The first-order chi connectivity index (χ1) is 13.5. The van der Waals surface area contributed by atoms with E-state index in [1.807, 2.05) is 11.6 Å². The lowest BCUT2D eigenvalue weighted by atomic mass is 10.2. The highest BCUT2D eigenvalue weighted by molar-refractivity contribution is 7.80. The van der Waals surface area contributed by atoms with E-state index in [9.17, 15) is 0 Å². The van der Waals surface area contributed by atoms with E-state index in [0.717, 1.165) is 75.3 Å². The van der Waals surface area contributed by atoms with Crippen LogP contribution in [0.5, 0.6) is 0 Å². The smallest absolute Gasteiger partial charge is 0.169 e. The van der Waals surface area contributed by atoms with E-state index < -0.39 is 0 Å². The second-order valence-corrected chi connectivity index (χ2v) is 7.98. The average Bonchev–Trinajstić information content (AvgIpc) is 3.20. The van der Waals surface area contributed by atoms with Crippen molar-refractivity contribution < 1.29 is 0 Å². The van der Waals surface area contributed by atoms with Crippen LogP contribution in [0.3, 0.4) is 0 Å². The topological polar surface area (TPSA) is 54.1 Å². The maximum absolute atomic E-state index is 5.60. The summed E-state index contributed by atoms with van der Waals surface area (Å²) in [6.07, 6.45) is 3.19. The van der Waals surface area contributed by atoms with E-state index in [0.29, 0.717) is 0 Å². The van der Waals surface area contributed by atoms with Gasteiger partial charge in [-0.15, -0.1) is 0 Å². The summed E-state index contributed by atoms with van der Waals surface area (Å²) in [5.41, 5.74) is 4.77. The molecular formula is C20H33N7S. The molecule has 154 valence electrons. The Morgan fingerprint density at radius 2 is 1.89 bits per heavy atom. The molecule has 1 aliphatic heterocycles. The minimum atomic E-state index is 0.878. The van der Waals surface area contributed by atoms with Gasteiger partial charge >= 0.3 is 0 Å². The fourth-order valence-electron chi connectivity index (χ4n) is 3.66. The molecule has 7 nitrogen and oxygen atoms in total. The number of rotatable bonds is 7. The highest BCUT2D eigenvalue weighted by atomic mass is 32.1. The fourth-order valence-corrected chi connectivity index (χ4v) is 3.95. The second-order valence-electron chi connectivity index (χ2n) is 7.59. The summed E-state index contributed by atoms with van der Waals surface area (Å²) in [6, 6.07) is 2.12. The fraction of sp³-hybridized carbons (Fsp3) is 0.650. The molecule has 0 radical (unpaired) electrons. The zero-order chi connectivity index (χ0) is 20.1. The minimum Gasteiger partial charge on any atom is -0.362 e. The van der Waals surface area contributed by atoms with Gasteiger partial charge in [0.25, 0.3) is 0 Å². The molecule has 28 heavy (non-hydrogen) atoms. The van der Waals surface area contributed by atoms with Crippen molar-refractivity contribution >= 4 is 17.3 Å². The summed E-state index contributed by atoms with van der Waals surface area (Å²) in [7, 11) is 0. The van der Waals surface area contributed by atoms with Crippen molar-refractivity contribution in [3.8, 4) is 0 Å². The van der Waals surface area contributed by atoms with Crippen molar-refractivity contribution in [1.82, 2.24) is 34.7 Å². The van der Waals surface area contributed by atoms with Gasteiger partial charge in [0.05, 0.1) is 11.4 Å². The Morgan fingerprint density at radius 3 is 2.50 bits per heavy atom. The predicted octanol–water partition coefficient (Wildman–Crippen LogP) is 2.11. The summed E-state index contributed by atoms with van der Waals surface area (Å²) in [5, 5.41) is 13.4. The molecule has 0 saturated carbocycles. The number of nitrogens with zero attached hydrogens (tertiary/aromatic N) is 6. The first kappa shape index (κ1) is 20.8. The molecule has 0 unspecified atom stereocenters. The predicted molar refractivity (Wildman–Crippen MR) is 116 cm³/mol. The van der Waals surface area contributed by atoms with E-state index >= 15 is 0 Å². The molecule has 0 aliphatic carbocycles. The van der Waals surface area contributed by atoms with Gasteiger partial charge in [0.1, 0.15) is 0 Å². The zero-order valence-electron chi connectivity index (χ0n) is 17.6. The number of thiocarbonyl (C=S) groups is 1. The Bertz CT molecular complexity index is 787. The molecule has 1 aliphatic rings. The van der Waals surface area contributed by atoms with Gasteiger partial charge in [-0.3, -0.25) is 14.3 Å². The van der Waals surface area contributed by atoms with Crippen LogP contribution in [0.25, 0.3) is 0 Å². The Hall–Kier alpha value is -1.93. The number of hydrogen-bond acceptors (Lipinski definition) is 4. The maximum Gasteiger partial charge on any atom is 0.169 e. The quantitative estimate of drug-likeness (QED) is 0.564. The van der Waals surface area contributed by atoms with Gasteiger partial charge in [-0.2, -0.15) is 10.2 Å². The highest BCUT2D eigenvalue weighted by Crippen LogP contribution is 2.12. The molecule has 0 bridgehead atoms. The summed E-state index contributed by atoms with van der Waals surface area (Å²) < 4.78 is 4.09. The number of piperazine rings is 1. The minimum absolute atomic E-state index is 0.878. The molecule has 0 atom stereocenters. The zero-order valence-corrected chi connectivity index (χ0v) is 18.4. The number of hydrogen-bond donors (Lipinski definition) is 1. The van der Waals surface area contributed by atoms with Crippen molar-refractivity contribution in [1.29, 1.82) is 0 Å². The van der Waals surface area contributed by atoms with E-state index in [2.05, 4.69) is 63.0 Å². The number of aromatic nitrogens is 4. The first-order valence-electron chi connectivity index (χ1n) is 10.3. The standard InChI is InChI=1S/C20H33N7S/c1-5-26-15-19(18(4)23-26)14-24-9-11-25(12-10-24)20(28)21-7-6-8-27-17(3)13-16(2)22-27/h13,15H,5-12,14H2,1-4H3,(H,21,28). The lowest BCUT2D eigenvalue weighted by Crippen LogP contribution is -2.51. The van der Waals surface area contributed by atoms with Crippen molar-refractivity contribution in [3.05, 3.63) is 34.9 Å². The van der Waals surface area contributed by atoms with E-state index in [-0.39, 0.29) is 0 Å².